The molecule has 1 aliphatic rings. The molecule has 4 nitrogen and oxygen atoms in total. The van der Waals surface area contributed by atoms with Crippen LogP contribution in [0.15, 0.2) is 29.3 Å². The Morgan fingerprint density at radius 1 is 1.30 bits per heavy atom. The van der Waals surface area contributed by atoms with Crippen molar-refractivity contribution in [3.63, 3.8) is 0 Å². The monoisotopic (exact) mass is 317 g/mol. The fourth-order valence-electron chi connectivity index (χ4n) is 3.00. The number of nitrogens with zero attached hydrogens (tertiary/aromatic N) is 2. The number of likely N-dealkylation sites (tertiary alicyclic amines) is 1. The van der Waals surface area contributed by atoms with Gasteiger partial charge in [0, 0.05) is 33.3 Å². The Kier molecular flexibility index (Phi) is 6.46. The van der Waals surface area contributed by atoms with E-state index >= 15 is 0 Å². The van der Waals surface area contributed by atoms with Crippen LogP contribution in [-0.4, -0.2) is 37.6 Å². The zero-order valence-corrected chi connectivity index (χ0v) is 15.1. The number of benzene rings is 1. The van der Waals surface area contributed by atoms with Crippen LogP contribution in [0.25, 0.3) is 0 Å². The standard InChI is InChI=1S/C19H31N3O/c1-5-12-23-14-17-9-7-6-8-16(17)13-21-18(20-4)22-11-10-19(2,3)15-22/h6-9H,5,10-15H2,1-4H3,(H,20,21). The Morgan fingerprint density at radius 3 is 2.65 bits per heavy atom. The Balaban J connectivity index is 1.94. The number of hydrogen-bond acceptors (Lipinski definition) is 2. The summed E-state index contributed by atoms with van der Waals surface area (Å²) in [6, 6.07) is 8.47. The zero-order valence-electron chi connectivity index (χ0n) is 15.1. The molecule has 1 aromatic carbocycles. The molecule has 1 aliphatic heterocycles. The first-order chi connectivity index (χ1) is 11.1. The van der Waals surface area contributed by atoms with Crippen molar-refractivity contribution in [2.45, 2.75) is 46.8 Å². The van der Waals surface area contributed by atoms with Crippen LogP contribution >= 0.6 is 0 Å². The van der Waals surface area contributed by atoms with Crippen molar-refractivity contribution in [2.24, 2.45) is 10.4 Å². The van der Waals surface area contributed by atoms with Crippen molar-refractivity contribution < 1.29 is 4.74 Å². The van der Waals surface area contributed by atoms with E-state index in [-0.39, 0.29) is 0 Å². The number of guanidine groups is 1. The highest BCUT2D eigenvalue weighted by atomic mass is 16.5. The van der Waals surface area contributed by atoms with Crippen LogP contribution in [0.4, 0.5) is 0 Å². The molecule has 0 spiro atoms. The van der Waals surface area contributed by atoms with Gasteiger partial charge in [0.05, 0.1) is 6.61 Å². The van der Waals surface area contributed by atoms with E-state index in [0.29, 0.717) is 12.0 Å². The molecule has 0 aromatic heterocycles. The summed E-state index contributed by atoms with van der Waals surface area (Å²) in [5.74, 6) is 1.000. The molecule has 4 heteroatoms. The van der Waals surface area contributed by atoms with Crippen LogP contribution in [0.2, 0.25) is 0 Å². The zero-order chi connectivity index (χ0) is 16.7. The summed E-state index contributed by atoms with van der Waals surface area (Å²) >= 11 is 0. The molecule has 1 aromatic rings. The number of aliphatic imine (C=N–C) groups is 1. The van der Waals surface area contributed by atoms with Gasteiger partial charge in [-0.05, 0) is 29.4 Å². The van der Waals surface area contributed by atoms with E-state index in [1.807, 2.05) is 7.05 Å². The van der Waals surface area contributed by atoms with Crippen molar-refractivity contribution in [1.82, 2.24) is 10.2 Å². The lowest BCUT2D eigenvalue weighted by atomic mass is 9.93. The molecule has 0 atom stereocenters. The minimum Gasteiger partial charge on any atom is -0.377 e. The fourth-order valence-corrected chi connectivity index (χ4v) is 3.00. The summed E-state index contributed by atoms with van der Waals surface area (Å²) in [4.78, 5) is 6.81. The van der Waals surface area contributed by atoms with Crippen LogP contribution in [0, 0.1) is 5.41 Å². The Labute approximate surface area is 140 Å². The molecule has 1 saturated heterocycles. The van der Waals surface area contributed by atoms with Crippen LogP contribution in [0.3, 0.4) is 0 Å². The molecule has 0 unspecified atom stereocenters. The average molecular weight is 317 g/mol. The molecule has 0 bridgehead atoms. The lowest BCUT2D eigenvalue weighted by Crippen LogP contribution is -2.40. The predicted molar refractivity (Wildman–Crippen MR) is 96.6 cm³/mol. The molecule has 1 fully saturated rings. The predicted octanol–water partition coefficient (Wildman–Crippen LogP) is 3.42. The van der Waals surface area contributed by atoms with Gasteiger partial charge in [-0.1, -0.05) is 45.0 Å². The second-order valence-corrected chi connectivity index (χ2v) is 7.06. The highest BCUT2D eigenvalue weighted by Gasteiger charge is 2.30. The molecule has 23 heavy (non-hydrogen) atoms. The third kappa shape index (κ3) is 5.24. The Bertz CT molecular complexity index is 525. The first-order valence-electron chi connectivity index (χ1n) is 8.66. The highest BCUT2D eigenvalue weighted by molar-refractivity contribution is 5.80. The van der Waals surface area contributed by atoms with Gasteiger partial charge in [0.25, 0.3) is 0 Å². The molecular weight excluding hydrogens is 286 g/mol. The van der Waals surface area contributed by atoms with Crippen LogP contribution in [0.5, 0.6) is 0 Å². The fraction of sp³-hybridized carbons (Fsp3) is 0.632. The van der Waals surface area contributed by atoms with Crippen LogP contribution in [-0.2, 0) is 17.9 Å². The van der Waals surface area contributed by atoms with E-state index < -0.39 is 0 Å². The van der Waals surface area contributed by atoms with Crippen LogP contribution < -0.4 is 5.32 Å². The van der Waals surface area contributed by atoms with Gasteiger partial charge in [-0.3, -0.25) is 4.99 Å². The maximum atomic E-state index is 5.70. The second-order valence-electron chi connectivity index (χ2n) is 7.06. The minimum atomic E-state index is 0.378. The first-order valence-corrected chi connectivity index (χ1v) is 8.66. The largest absolute Gasteiger partial charge is 0.377 e. The van der Waals surface area contributed by atoms with Gasteiger partial charge in [0.15, 0.2) is 5.96 Å². The Morgan fingerprint density at radius 2 is 2.04 bits per heavy atom. The van der Waals surface area contributed by atoms with Gasteiger partial charge in [-0.15, -0.1) is 0 Å². The molecule has 1 N–H and O–H groups in total. The van der Waals surface area contributed by atoms with E-state index in [2.05, 4.69) is 60.2 Å². The van der Waals surface area contributed by atoms with Gasteiger partial charge >= 0.3 is 0 Å². The minimum absolute atomic E-state index is 0.378. The average Bonchev–Trinajstić information content (AvgIpc) is 2.89. The lowest BCUT2D eigenvalue weighted by Gasteiger charge is -2.24. The molecule has 0 aliphatic carbocycles. The van der Waals surface area contributed by atoms with Crippen molar-refractivity contribution in [1.29, 1.82) is 0 Å². The normalized spacial score (nSPS) is 17.6. The van der Waals surface area contributed by atoms with Crippen LogP contribution in [0.1, 0.15) is 44.7 Å². The van der Waals surface area contributed by atoms with Gasteiger partial charge in [0.1, 0.15) is 0 Å². The maximum Gasteiger partial charge on any atom is 0.193 e. The van der Waals surface area contributed by atoms with E-state index in [9.17, 15) is 0 Å². The SMILES string of the molecule is CCCOCc1ccccc1CNC(=NC)N1CCC(C)(C)C1. The third-order valence-electron chi connectivity index (χ3n) is 4.35. The maximum absolute atomic E-state index is 5.70. The molecule has 0 saturated carbocycles. The number of hydrogen-bond donors (Lipinski definition) is 1. The lowest BCUT2D eigenvalue weighted by molar-refractivity contribution is 0.121. The molecule has 2 rings (SSSR count). The van der Waals surface area contributed by atoms with Crippen molar-refractivity contribution in [3.8, 4) is 0 Å². The van der Waals surface area contributed by atoms with E-state index in [4.69, 9.17) is 4.74 Å². The van der Waals surface area contributed by atoms with Crippen molar-refractivity contribution in [2.75, 3.05) is 26.7 Å². The van der Waals surface area contributed by atoms with Crippen molar-refractivity contribution in [3.05, 3.63) is 35.4 Å². The second kappa shape index (κ2) is 8.34. The summed E-state index contributed by atoms with van der Waals surface area (Å²) in [5, 5.41) is 3.52. The quantitative estimate of drug-likeness (QED) is 0.496. The van der Waals surface area contributed by atoms with Gasteiger partial charge in [0.2, 0.25) is 0 Å². The molecule has 0 radical (unpaired) electrons. The number of rotatable bonds is 6. The highest BCUT2D eigenvalue weighted by Crippen LogP contribution is 2.28. The summed E-state index contributed by atoms with van der Waals surface area (Å²) in [6.07, 6.45) is 2.27. The summed E-state index contributed by atoms with van der Waals surface area (Å²) < 4.78 is 5.70. The van der Waals surface area contributed by atoms with Crippen molar-refractivity contribution >= 4 is 5.96 Å². The Hall–Kier alpha value is -1.55. The molecule has 128 valence electrons. The molecular formula is C19H31N3O. The number of ether oxygens (including phenoxy) is 1. The van der Waals surface area contributed by atoms with Gasteiger partial charge in [-0.2, -0.15) is 0 Å². The van der Waals surface area contributed by atoms with Gasteiger partial charge in [-0.25, -0.2) is 0 Å². The summed E-state index contributed by atoms with van der Waals surface area (Å²) in [7, 11) is 1.86. The van der Waals surface area contributed by atoms with E-state index in [1.165, 1.54) is 17.5 Å². The third-order valence-corrected chi connectivity index (χ3v) is 4.35. The molecule has 1 heterocycles. The topological polar surface area (TPSA) is 36.9 Å². The van der Waals surface area contributed by atoms with Gasteiger partial charge < -0.3 is 15.0 Å². The van der Waals surface area contributed by atoms with E-state index in [0.717, 1.165) is 38.6 Å². The van der Waals surface area contributed by atoms with E-state index in [1.54, 1.807) is 0 Å². The molecule has 0 amide bonds. The summed E-state index contributed by atoms with van der Waals surface area (Å²) in [6.45, 7) is 11.2. The number of nitrogens with one attached hydrogen (secondary N) is 1. The first kappa shape index (κ1) is 17.8. The summed E-state index contributed by atoms with van der Waals surface area (Å²) in [5.41, 5.74) is 2.91. The smallest absolute Gasteiger partial charge is 0.193 e.